The zero-order valence-corrected chi connectivity index (χ0v) is 12.8. The van der Waals surface area contributed by atoms with Crippen molar-refractivity contribution in [2.45, 2.75) is 19.2 Å². The Labute approximate surface area is 124 Å². The maximum atomic E-state index is 5.97. The number of nitrogens with two attached hydrogens (primary N) is 1. The molecule has 0 fully saturated rings. The summed E-state index contributed by atoms with van der Waals surface area (Å²) < 4.78 is 5.19. The highest BCUT2D eigenvalue weighted by molar-refractivity contribution is 7.07. The molecule has 1 unspecified atom stereocenters. The minimum absolute atomic E-state index is 0.188. The van der Waals surface area contributed by atoms with Crippen molar-refractivity contribution in [2.24, 2.45) is 5.73 Å². The Morgan fingerprint density at radius 1 is 1.45 bits per heavy atom. The van der Waals surface area contributed by atoms with Crippen molar-refractivity contribution in [3.05, 3.63) is 52.0 Å². The highest BCUT2D eigenvalue weighted by atomic mass is 32.1. The number of likely N-dealkylation sites (N-methyl/N-ethyl adjacent to an activating group) is 1. The summed E-state index contributed by atoms with van der Waals surface area (Å²) in [5.41, 5.74) is 11.3. The molecule has 0 aliphatic heterocycles. The number of hydrogen-bond donors (Lipinski definition) is 1. The van der Waals surface area contributed by atoms with Gasteiger partial charge in [0.2, 0.25) is 0 Å². The Kier molecular flexibility index (Phi) is 5.67. The first kappa shape index (κ1) is 15.1. The van der Waals surface area contributed by atoms with Gasteiger partial charge in [-0.05, 0) is 18.2 Å². The highest BCUT2D eigenvalue weighted by Crippen LogP contribution is 2.21. The van der Waals surface area contributed by atoms with Crippen molar-refractivity contribution in [3.8, 4) is 0 Å². The molecular formula is C15H21N3OS. The second-order valence-corrected chi connectivity index (χ2v) is 5.54. The molecular weight excluding hydrogens is 270 g/mol. The van der Waals surface area contributed by atoms with Crippen LogP contribution in [0, 0.1) is 0 Å². The van der Waals surface area contributed by atoms with Gasteiger partial charge in [0.1, 0.15) is 0 Å². The largest absolute Gasteiger partial charge is 0.380 e. The van der Waals surface area contributed by atoms with E-state index in [9.17, 15) is 0 Å². The van der Waals surface area contributed by atoms with E-state index < -0.39 is 0 Å². The van der Waals surface area contributed by atoms with E-state index in [1.165, 1.54) is 11.1 Å². The molecule has 1 aromatic heterocycles. The number of hydrogen-bond acceptors (Lipinski definition) is 5. The van der Waals surface area contributed by atoms with Crippen molar-refractivity contribution in [2.75, 3.05) is 20.7 Å². The molecule has 2 rings (SSSR count). The summed E-state index contributed by atoms with van der Waals surface area (Å²) in [5, 5.41) is 2.07. The van der Waals surface area contributed by atoms with Gasteiger partial charge in [-0.25, -0.2) is 4.98 Å². The molecule has 5 heteroatoms. The van der Waals surface area contributed by atoms with Crippen LogP contribution in [-0.4, -0.2) is 30.6 Å². The summed E-state index contributed by atoms with van der Waals surface area (Å²) in [4.78, 5) is 6.57. The zero-order valence-electron chi connectivity index (χ0n) is 12.0. The van der Waals surface area contributed by atoms with E-state index in [1.54, 1.807) is 18.4 Å². The summed E-state index contributed by atoms with van der Waals surface area (Å²) in [7, 11) is 3.79. The Balaban J connectivity index is 2.12. The molecule has 0 aliphatic rings. The summed E-state index contributed by atoms with van der Waals surface area (Å²) in [6.07, 6.45) is 0. The normalized spacial score (nSPS) is 12.8. The lowest BCUT2D eigenvalue weighted by Crippen LogP contribution is -2.30. The number of aromatic nitrogens is 1. The third-order valence-corrected chi connectivity index (χ3v) is 3.93. The van der Waals surface area contributed by atoms with Crippen molar-refractivity contribution in [1.82, 2.24) is 9.88 Å². The van der Waals surface area contributed by atoms with Crippen molar-refractivity contribution in [3.63, 3.8) is 0 Å². The number of ether oxygens (including phenoxy) is 1. The molecule has 0 bridgehead atoms. The Morgan fingerprint density at radius 2 is 2.30 bits per heavy atom. The molecule has 4 nitrogen and oxygen atoms in total. The van der Waals surface area contributed by atoms with Crippen molar-refractivity contribution < 1.29 is 4.74 Å². The van der Waals surface area contributed by atoms with Crippen LogP contribution in [0.3, 0.4) is 0 Å². The lowest BCUT2D eigenvalue weighted by Gasteiger charge is -2.27. The number of thiazole rings is 1. The fourth-order valence-corrected chi connectivity index (χ4v) is 2.86. The zero-order chi connectivity index (χ0) is 14.4. The molecule has 2 N–H and O–H groups in total. The Morgan fingerprint density at radius 3 is 2.95 bits per heavy atom. The summed E-state index contributed by atoms with van der Waals surface area (Å²) >= 11 is 1.62. The summed E-state index contributed by atoms with van der Waals surface area (Å²) in [5.74, 6) is 0. The van der Waals surface area contributed by atoms with Gasteiger partial charge in [-0.15, -0.1) is 11.3 Å². The number of nitrogens with zero attached hydrogens (tertiary/aromatic N) is 2. The molecule has 0 amide bonds. The second-order valence-electron chi connectivity index (χ2n) is 4.82. The average Bonchev–Trinajstić information content (AvgIpc) is 2.93. The first-order chi connectivity index (χ1) is 9.74. The molecule has 0 saturated heterocycles. The first-order valence-corrected chi connectivity index (χ1v) is 7.54. The molecule has 0 saturated carbocycles. The first-order valence-electron chi connectivity index (χ1n) is 6.59. The van der Waals surface area contributed by atoms with Crippen LogP contribution in [-0.2, 0) is 17.9 Å². The SMILES string of the molecule is COCc1cccc(C(CN)N(C)Cc2cscn2)c1. The molecule has 1 atom stereocenters. The van der Waals surface area contributed by atoms with Gasteiger partial charge in [0.25, 0.3) is 0 Å². The van der Waals surface area contributed by atoms with Gasteiger partial charge in [0, 0.05) is 31.6 Å². The fraction of sp³-hybridized carbons (Fsp3) is 0.400. The molecule has 20 heavy (non-hydrogen) atoms. The van der Waals surface area contributed by atoms with Crippen LogP contribution >= 0.6 is 11.3 Å². The maximum absolute atomic E-state index is 5.97. The maximum Gasteiger partial charge on any atom is 0.0795 e. The molecule has 0 spiro atoms. The lowest BCUT2D eigenvalue weighted by molar-refractivity contribution is 0.184. The van der Waals surface area contributed by atoms with E-state index in [0.717, 1.165) is 12.2 Å². The van der Waals surface area contributed by atoms with Crippen LogP contribution in [0.4, 0.5) is 0 Å². The molecule has 2 aromatic rings. The van der Waals surface area contributed by atoms with Crippen LogP contribution < -0.4 is 5.73 Å². The molecule has 108 valence electrons. The average molecular weight is 291 g/mol. The minimum atomic E-state index is 0.188. The van der Waals surface area contributed by atoms with E-state index in [-0.39, 0.29) is 6.04 Å². The number of methoxy groups -OCH3 is 1. The van der Waals surface area contributed by atoms with Gasteiger partial charge in [0.05, 0.1) is 17.8 Å². The summed E-state index contributed by atoms with van der Waals surface area (Å²) in [6.45, 7) is 2.01. The lowest BCUT2D eigenvalue weighted by atomic mass is 10.0. The van der Waals surface area contributed by atoms with Gasteiger partial charge in [0.15, 0.2) is 0 Å². The van der Waals surface area contributed by atoms with E-state index >= 15 is 0 Å². The predicted octanol–water partition coefficient (Wildman–Crippen LogP) is 2.42. The van der Waals surface area contributed by atoms with Gasteiger partial charge >= 0.3 is 0 Å². The van der Waals surface area contributed by atoms with Gasteiger partial charge < -0.3 is 10.5 Å². The predicted molar refractivity (Wildman–Crippen MR) is 82.5 cm³/mol. The van der Waals surface area contributed by atoms with Crippen molar-refractivity contribution in [1.29, 1.82) is 0 Å². The van der Waals surface area contributed by atoms with E-state index in [1.807, 2.05) is 5.51 Å². The second kappa shape index (κ2) is 7.50. The van der Waals surface area contributed by atoms with Crippen LogP contribution in [0.5, 0.6) is 0 Å². The van der Waals surface area contributed by atoms with Crippen LogP contribution in [0.2, 0.25) is 0 Å². The molecule has 1 heterocycles. The number of rotatable bonds is 7. The standard InChI is InChI=1S/C15H21N3OS/c1-18(8-14-10-20-11-17-14)15(7-16)13-5-3-4-12(6-13)9-19-2/h3-6,10-11,15H,7-9,16H2,1-2H3. The topological polar surface area (TPSA) is 51.4 Å². The van der Waals surface area contributed by atoms with Gasteiger partial charge in [-0.2, -0.15) is 0 Å². The van der Waals surface area contributed by atoms with Crippen LogP contribution in [0.25, 0.3) is 0 Å². The quantitative estimate of drug-likeness (QED) is 0.851. The van der Waals surface area contributed by atoms with E-state index in [0.29, 0.717) is 13.2 Å². The van der Waals surface area contributed by atoms with E-state index in [2.05, 4.69) is 46.6 Å². The van der Waals surface area contributed by atoms with Crippen LogP contribution in [0.1, 0.15) is 22.9 Å². The third kappa shape index (κ3) is 3.86. The smallest absolute Gasteiger partial charge is 0.0795 e. The highest BCUT2D eigenvalue weighted by Gasteiger charge is 2.16. The Hall–Kier alpha value is -1.27. The monoisotopic (exact) mass is 291 g/mol. The summed E-state index contributed by atoms with van der Waals surface area (Å²) in [6, 6.07) is 8.60. The van der Waals surface area contributed by atoms with E-state index in [4.69, 9.17) is 10.5 Å². The molecule has 0 radical (unpaired) electrons. The molecule has 0 aliphatic carbocycles. The third-order valence-electron chi connectivity index (χ3n) is 3.30. The van der Waals surface area contributed by atoms with Crippen molar-refractivity contribution >= 4 is 11.3 Å². The molecule has 1 aromatic carbocycles. The number of benzene rings is 1. The van der Waals surface area contributed by atoms with Crippen LogP contribution in [0.15, 0.2) is 35.2 Å². The fourth-order valence-electron chi connectivity index (χ4n) is 2.31. The minimum Gasteiger partial charge on any atom is -0.380 e. The van der Waals surface area contributed by atoms with Gasteiger partial charge in [-0.1, -0.05) is 24.3 Å². The van der Waals surface area contributed by atoms with Gasteiger partial charge in [-0.3, -0.25) is 4.90 Å². The Bertz CT molecular complexity index is 516.